The number of nitro benzene ring substituents is 1. The third kappa shape index (κ3) is 5.34. The number of esters is 1. The number of ether oxygens (including phenoxy) is 3. The first kappa shape index (κ1) is 27.1. The van der Waals surface area contributed by atoms with Gasteiger partial charge < -0.3 is 25.3 Å². The maximum Gasteiger partial charge on any atom is 0.404 e. The molecule has 4 rings (SSSR count). The number of hydrogen-bond donors (Lipinski definition) is 2. The number of nitrogens with zero attached hydrogens (tertiary/aromatic N) is 2. The lowest BCUT2D eigenvalue weighted by Crippen LogP contribution is -2.80. The lowest BCUT2D eigenvalue weighted by molar-refractivity contribution is -0.384. The van der Waals surface area contributed by atoms with Crippen LogP contribution in [0.5, 0.6) is 0 Å². The minimum Gasteiger partial charge on any atom is -0.456 e. The fourth-order valence-electron chi connectivity index (χ4n) is 3.95. The summed E-state index contributed by atoms with van der Waals surface area (Å²) in [6.45, 7) is -0.595. The zero-order chi connectivity index (χ0) is 27.4. The van der Waals surface area contributed by atoms with Crippen molar-refractivity contribution in [3.8, 4) is 0 Å². The molecule has 3 amide bonds. The Balaban J connectivity index is 1.54. The van der Waals surface area contributed by atoms with Crippen molar-refractivity contribution < 1.29 is 38.3 Å². The van der Waals surface area contributed by atoms with E-state index in [9.17, 15) is 29.3 Å². The summed E-state index contributed by atoms with van der Waals surface area (Å²) in [5.41, 5.74) is 3.85. The van der Waals surface area contributed by atoms with E-state index in [1.807, 2.05) is 11.4 Å². The molecule has 15 heteroatoms. The molecule has 1 aromatic carbocycles. The van der Waals surface area contributed by atoms with Gasteiger partial charge in [-0.15, -0.1) is 23.1 Å². The van der Waals surface area contributed by atoms with E-state index in [2.05, 4.69) is 5.32 Å². The van der Waals surface area contributed by atoms with Gasteiger partial charge in [0.05, 0.1) is 11.3 Å². The first-order valence-corrected chi connectivity index (χ1v) is 13.0. The van der Waals surface area contributed by atoms with Crippen LogP contribution in [0.15, 0.2) is 53.0 Å². The first-order valence-electron chi connectivity index (χ1n) is 11.0. The molecular formula is C23H22N4O9S2. The molecule has 200 valence electrons. The van der Waals surface area contributed by atoms with Crippen molar-refractivity contribution in [3.63, 3.8) is 0 Å². The van der Waals surface area contributed by atoms with Crippen LogP contribution in [-0.2, 0) is 41.6 Å². The Kier molecular flexibility index (Phi) is 7.99. The number of primary amides is 1. The number of benzene rings is 1. The molecule has 0 bridgehead atoms. The lowest BCUT2D eigenvalue weighted by Gasteiger charge is -2.55. The van der Waals surface area contributed by atoms with Gasteiger partial charge in [0.15, 0.2) is 0 Å². The van der Waals surface area contributed by atoms with E-state index in [1.165, 1.54) is 54.5 Å². The van der Waals surface area contributed by atoms with Crippen molar-refractivity contribution in [2.75, 3.05) is 19.5 Å². The molecule has 2 aliphatic heterocycles. The molecule has 3 heterocycles. The number of methoxy groups -OCH3 is 1. The zero-order valence-corrected chi connectivity index (χ0v) is 21.5. The number of carbonyl (C=O) groups excluding carboxylic acids is 4. The zero-order valence-electron chi connectivity index (χ0n) is 19.9. The van der Waals surface area contributed by atoms with Gasteiger partial charge in [0.1, 0.15) is 24.3 Å². The molecular weight excluding hydrogens is 540 g/mol. The van der Waals surface area contributed by atoms with Crippen molar-refractivity contribution in [1.29, 1.82) is 0 Å². The second kappa shape index (κ2) is 11.2. The third-order valence-corrected chi connectivity index (χ3v) is 8.02. The summed E-state index contributed by atoms with van der Waals surface area (Å²) >= 11 is 2.60. The standard InChI is InChI=1S/C23H22N4O9S2/c1-34-23(25-17(28)9-16-3-2-8-37-16)20(30)26-18(14(11-36-22(24)31)12-38-21(23)26)19(29)35-10-13-4-6-15(7-5-13)27(32)33/h2-8,21H,9-12H2,1H3,(H2,24,31)(H,25,28)/t21-,23?/m1/s1. The summed E-state index contributed by atoms with van der Waals surface area (Å²) in [7, 11) is 1.28. The SMILES string of the molecule is COC1(NC(=O)Cc2cccs2)C(=O)N2C(C(=O)OCc3ccc([N+](=O)[O-])cc3)=C(COC(N)=O)CS[C@@H]21. The van der Waals surface area contributed by atoms with Crippen molar-refractivity contribution in [1.82, 2.24) is 10.2 Å². The van der Waals surface area contributed by atoms with Crippen molar-refractivity contribution >= 4 is 52.7 Å². The molecule has 13 nitrogen and oxygen atoms in total. The Morgan fingerprint density at radius 3 is 2.55 bits per heavy atom. The molecule has 0 aliphatic carbocycles. The van der Waals surface area contributed by atoms with E-state index >= 15 is 0 Å². The van der Waals surface area contributed by atoms with Crippen molar-refractivity contribution in [3.05, 3.63) is 73.6 Å². The van der Waals surface area contributed by atoms with E-state index in [-0.39, 0.29) is 42.3 Å². The summed E-state index contributed by atoms with van der Waals surface area (Å²) in [5.74, 6) is -1.87. The minimum absolute atomic E-state index is 0.0467. The van der Waals surface area contributed by atoms with Gasteiger partial charge in [-0.25, -0.2) is 9.59 Å². The highest BCUT2D eigenvalue weighted by molar-refractivity contribution is 8.00. The summed E-state index contributed by atoms with van der Waals surface area (Å²) < 4.78 is 15.7. The highest BCUT2D eigenvalue weighted by Crippen LogP contribution is 2.47. The van der Waals surface area contributed by atoms with Crippen LogP contribution in [0.25, 0.3) is 0 Å². The second-order valence-corrected chi connectivity index (χ2v) is 10.2. The number of hydrogen-bond acceptors (Lipinski definition) is 11. The predicted molar refractivity (Wildman–Crippen MR) is 134 cm³/mol. The van der Waals surface area contributed by atoms with Crippen LogP contribution in [0.3, 0.4) is 0 Å². The Bertz CT molecular complexity index is 1300. The molecule has 0 radical (unpaired) electrons. The van der Waals surface area contributed by atoms with Crippen LogP contribution in [0.2, 0.25) is 0 Å². The molecule has 0 spiro atoms. The highest BCUT2D eigenvalue weighted by Gasteiger charge is 2.66. The van der Waals surface area contributed by atoms with Gasteiger partial charge in [0.25, 0.3) is 17.3 Å². The van der Waals surface area contributed by atoms with E-state index < -0.39 is 39.9 Å². The van der Waals surface area contributed by atoms with Crippen LogP contribution in [0.1, 0.15) is 10.4 Å². The van der Waals surface area contributed by atoms with Crippen LogP contribution in [-0.4, -0.2) is 64.3 Å². The van der Waals surface area contributed by atoms with Gasteiger partial charge in [-0.05, 0) is 29.1 Å². The number of nitrogens with two attached hydrogens (primary N) is 1. The molecule has 1 fully saturated rings. The molecule has 2 atom stereocenters. The van der Waals surface area contributed by atoms with Crippen LogP contribution < -0.4 is 11.1 Å². The van der Waals surface area contributed by atoms with E-state index in [4.69, 9.17) is 19.9 Å². The first-order chi connectivity index (χ1) is 18.2. The molecule has 38 heavy (non-hydrogen) atoms. The smallest absolute Gasteiger partial charge is 0.404 e. The number of thioether (sulfide) groups is 1. The molecule has 2 aliphatic rings. The van der Waals surface area contributed by atoms with Gasteiger partial charge in [-0.1, -0.05) is 6.07 Å². The van der Waals surface area contributed by atoms with Crippen LogP contribution >= 0.6 is 23.1 Å². The quantitative estimate of drug-likeness (QED) is 0.142. The van der Waals surface area contributed by atoms with E-state index in [0.29, 0.717) is 5.56 Å². The molecule has 3 N–H and O–H groups in total. The van der Waals surface area contributed by atoms with Crippen LogP contribution in [0.4, 0.5) is 10.5 Å². The minimum atomic E-state index is -1.71. The Labute approximate surface area is 224 Å². The molecule has 1 saturated heterocycles. The van der Waals surface area contributed by atoms with Crippen molar-refractivity contribution in [2.24, 2.45) is 5.73 Å². The number of amides is 3. The summed E-state index contributed by atoms with van der Waals surface area (Å²) in [6, 6.07) is 9.01. The van der Waals surface area contributed by atoms with Crippen LogP contribution in [0, 0.1) is 10.1 Å². The summed E-state index contributed by atoms with van der Waals surface area (Å²) in [4.78, 5) is 62.7. The Morgan fingerprint density at radius 2 is 1.95 bits per heavy atom. The third-order valence-electron chi connectivity index (χ3n) is 5.77. The lowest BCUT2D eigenvalue weighted by atomic mass is 9.98. The van der Waals surface area contributed by atoms with Gasteiger partial charge in [-0.2, -0.15) is 0 Å². The van der Waals surface area contributed by atoms with Gasteiger partial charge in [0, 0.05) is 35.4 Å². The van der Waals surface area contributed by atoms with Gasteiger partial charge >= 0.3 is 12.1 Å². The Morgan fingerprint density at radius 1 is 1.21 bits per heavy atom. The number of nitrogens with one attached hydrogen (secondary N) is 1. The fourth-order valence-corrected chi connectivity index (χ4v) is 6.08. The van der Waals surface area contributed by atoms with E-state index in [1.54, 1.807) is 6.07 Å². The molecule has 1 aromatic heterocycles. The number of non-ortho nitro benzene ring substituents is 1. The van der Waals surface area contributed by atoms with E-state index in [0.717, 1.165) is 9.78 Å². The van der Waals surface area contributed by atoms with Crippen molar-refractivity contribution in [2.45, 2.75) is 24.1 Å². The average molecular weight is 563 g/mol. The Hall–Kier alpha value is -3.95. The number of nitro groups is 1. The largest absolute Gasteiger partial charge is 0.456 e. The normalized spacial score (nSPS) is 20.3. The summed E-state index contributed by atoms with van der Waals surface area (Å²) in [5, 5.41) is 14.5. The molecule has 1 unspecified atom stereocenters. The molecule has 2 aromatic rings. The van der Waals surface area contributed by atoms with Gasteiger partial charge in [0.2, 0.25) is 5.91 Å². The maximum atomic E-state index is 13.4. The number of β-lactam (4-membered cyclic amide) rings is 1. The predicted octanol–water partition coefficient (Wildman–Crippen LogP) is 1.67. The highest BCUT2D eigenvalue weighted by atomic mass is 32.2. The number of fused-ring (bicyclic) bond motifs is 1. The fraction of sp³-hybridized carbons (Fsp3) is 0.304. The topological polar surface area (TPSA) is 180 Å². The monoisotopic (exact) mass is 562 g/mol. The molecule has 0 saturated carbocycles. The number of rotatable bonds is 10. The van der Waals surface area contributed by atoms with Gasteiger partial charge in [-0.3, -0.25) is 24.6 Å². The number of thiophene rings is 1. The second-order valence-electron chi connectivity index (χ2n) is 8.14. The maximum absolute atomic E-state index is 13.4. The number of carbonyl (C=O) groups is 4. The summed E-state index contributed by atoms with van der Waals surface area (Å²) in [6.07, 6.45) is -1.02. The average Bonchev–Trinajstić information content (AvgIpc) is 3.41.